The van der Waals surface area contributed by atoms with E-state index in [1.165, 1.54) is 53.7 Å². The molecule has 0 saturated carbocycles. The lowest BCUT2D eigenvalue weighted by molar-refractivity contribution is 0.114. The van der Waals surface area contributed by atoms with Crippen molar-refractivity contribution < 1.29 is 31.5 Å². The number of aromatic nitrogens is 2. The summed E-state index contributed by atoms with van der Waals surface area (Å²) >= 11 is 0. The monoisotopic (exact) mass is 505 g/mol. The third-order valence-electron chi connectivity index (χ3n) is 5.09. The second-order valence-electron chi connectivity index (χ2n) is 7.50. The molecule has 1 amide bonds. The first-order valence-electron chi connectivity index (χ1n) is 10.5. The maximum Gasteiger partial charge on any atom is 0.416 e. The quantitative estimate of drug-likeness (QED) is 0.476. The fourth-order valence-electron chi connectivity index (χ4n) is 3.44. The Morgan fingerprint density at radius 3 is 2.74 bits per heavy atom. The molecule has 1 atom stereocenters. The molecule has 35 heavy (non-hydrogen) atoms. The van der Waals surface area contributed by atoms with Crippen LogP contribution in [0.15, 0.2) is 48.8 Å². The maximum atomic E-state index is 15.0. The van der Waals surface area contributed by atoms with Gasteiger partial charge in [-0.3, -0.25) is 14.6 Å². The van der Waals surface area contributed by atoms with E-state index in [-0.39, 0.29) is 41.7 Å². The first-order valence-corrected chi connectivity index (χ1v) is 12.0. The first-order chi connectivity index (χ1) is 16.7. The molecule has 1 aliphatic rings. The van der Waals surface area contributed by atoms with Crippen LogP contribution in [0.1, 0.15) is 31.1 Å². The molecule has 1 aromatic carbocycles. The number of rotatable bonds is 8. The molecular formula is C22H21F2N5O5S. The molecule has 10 nitrogen and oxygen atoms in total. The summed E-state index contributed by atoms with van der Waals surface area (Å²) in [7, 11) is -3.94. The van der Waals surface area contributed by atoms with Crippen LogP contribution in [0, 0.1) is 11.6 Å². The lowest BCUT2D eigenvalue weighted by atomic mass is 10.1. The molecular weight excluding hydrogens is 484 g/mol. The number of anilines is 1. The zero-order valence-electron chi connectivity index (χ0n) is 18.7. The average Bonchev–Trinajstić information content (AvgIpc) is 2.80. The molecule has 0 bridgehead atoms. The van der Waals surface area contributed by atoms with Crippen LogP contribution >= 0.6 is 0 Å². The molecule has 2 N–H and O–H groups in total. The Labute approximate surface area is 200 Å². The topological polar surface area (TPSA) is 123 Å². The van der Waals surface area contributed by atoms with Crippen molar-refractivity contribution in [2.24, 2.45) is 0 Å². The number of carbonyl (C=O) groups excluding carboxylic acids is 1. The number of halogens is 2. The molecule has 3 aromatic rings. The van der Waals surface area contributed by atoms with Crippen molar-refractivity contribution in [2.75, 3.05) is 11.3 Å². The summed E-state index contributed by atoms with van der Waals surface area (Å²) in [6.07, 6.45) is 1.92. The van der Waals surface area contributed by atoms with Crippen molar-refractivity contribution >= 4 is 22.0 Å². The van der Waals surface area contributed by atoms with Gasteiger partial charge in [0.1, 0.15) is 5.69 Å². The van der Waals surface area contributed by atoms with Crippen molar-refractivity contribution in [2.45, 2.75) is 26.4 Å². The van der Waals surface area contributed by atoms with E-state index in [9.17, 15) is 17.6 Å². The summed E-state index contributed by atoms with van der Waals surface area (Å²) in [5, 5.41) is 0. The van der Waals surface area contributed by atoms with Gasteiger partial charge < -0.3 is 9.47 Å². The van der Waals surface area contributed by atoms with Crippen LogP contribution in [-0.2, 0) is 16.8 Å². The van der Waals surface area contributed by atoms with Gasteiger partial charge in [-0.25, -0.2) is 18.6 Å². The second kappa shape index (κ2) is 9.80. The molecule has 0 spiro atoms. The van der Waals surface area contributed by atoms with Crippen LogP contribution in [0.2, 0.25) is 0 Å². The molecule has 0 aliphatic carbocycles. The average molecular weight is 506 g/mol. The molecule has 0 fully saturated rings. The number of hydrogen-bond acceptors (Lipinski definition) is 7. The van der Waals surface area contributed by atoms with Gasteiger partial charge in [0.05, 0.1) is 24.5 Å². The van der Waals surface area contributed by atoms with E-state index < -0.39 is 34.0 Å². The van der Waals surface area contributed by atoms with E-state index >= 15 is 4.39 Å². The van der Waals surface area contributed by atoms with E-state index in [1.807, 2.05) is 0 Å². The summed E-state index contributed by atoms with van der Waals surface area (Å²) < 4.78 is 67.8. The highest BCUT2D eigenvalue weighted by atomic mass is 32.2. The predicted molar refractivity (Wildman–Crippen MR) is 121 cm³/mol. The van der Waals surface area contributed by atoms with E-state index in [0.717, 1.165) is 0 Å². The number of amides is 1. The third-order valence-corrected chi connectivity index (χ3v) is 6.25. The van der Waals surface area contributed by atoms with Crippen molar-refractivity contribution in [1.82, 2.24) is 19.6 Å². The highest BCUT2D eigenvalue weighted by Gasteiger charge is 2.34. The minimum absolute atomic E-state index is 0.0690. The van der Waals surface area contributed by atoms with Crippen LogP contribution in [0.25, 0.3) is 0 Å². The van der Waals surface area contributed by atoms with Gasteiger partial charge in [-0.1, -0.05) is 19.1 Å². The highest BCUT2D eigenvalue weighted by Crippen LogP contribution is 2.37. The lowest BCUT2D eigenvalue weighted by Crippen LogP contribution is -2.40. The summed E-state index contributed by atoms with van der Waals surface area (Å²) in [5.74, 6) is -1.53. The Kier molecular flexibility index (Phi) is 6.80. The third kappa shape index (κ3) is 5.30. The number of nitrogens with one attached hydrogen (secondary N) is 2. The van der Waals surface area contributed by atoms with Gasteiger partial charge in [-0.2, -0.15) is 13.1 Å². The molecule has 4 rings (SSSR count). The van der Waals surface area contributed by atoms with Gasteiger partial charge in [0, 0.05) is 24.4 Å². The molecule has 0 saturated heterocycles. The van der Waals surface area contributed by atoms with E-state index in [2.05, 4.69) is 19.4 Å². The van der Waals surface area contributed by atoms with Gasteiger partial charge in [0.25, 0.3) is 16.1 Å². The van der Waals surface area contributed by atoms with Crippen LogP contribution in [-0.4, -0.2) is 35.9 Å². The number of carbonyl (C=O) groups is 1. The van der Waals surface area contributed by atoms with Gasteiger partial charge in [0.2, 0.25) is 0 Å². The molecule has 0 unspecified atom stereocenters. The standard InChI is InChI=1S/C22H21F2N5O5S/c1-3-27-35(31,32)28-17-8-4-6-14(19(17)24)12-29-13(2)20-18(34-22(29)30)10-15(11-26-20)33-21-16(23)7-5-9-25-21/h4-11,13,27-28H,3,12H2,1-2H3/t13-/m0/s1. The van der Waals surface area contributed by atoms with Gasteiger partial charge in [-0.05, 0) is 25.1 Å². The Hall–Kier alpha value is -3.84. The SMILES string of the molecule is CCNS(=O)(=O)Nc1cccc(CN2C(=O)Oc3cc(Oc4ncccc4F)cnc3[C@@H]2C)c1F. The minimum Gasteiger partial charge on any atom is -0.435 e. The van der Waals surface area contributed by atoms with Crippen LogP contribution in [0.4, 0.5) is 19.3 Å². The predicted octanol–water partition coefficient (Wildman–Crippen LogP) is 3.89. The number of benzene rings is 1. The zero-order chi connectivity index (χ0) is 25.2. The summed E-state index contributed by atoms with van der Waals surface area (Å²) in [6, 6.07) is 7.55. The molecule has 0 radical (unpaired) electrons. The number of ether oxygens (including phenoxy) is 2. The number of hydrogen-bond donors (Lipinski definition) is 2. The number of fused-ring (bicyclic) bond motifs is 1. The second-order valence-corrected chi connectivity index (χ2v) is 9.00. The van der Waals surface area contributed by atoms with Crippen LogP contribution in [0.3, 0.4) is 0 Å². The molecule has 2 aromatic heterocycles. The normalized spacial score (nSPS) is 15.4. The lowest BCUT2D eigenvalue weighted by Gasteiger charge is -2.33. The van der Waals surface area contributed by atoms with Gasteiger partial charge in [0.15, 0.2) is 23.1 Å². The van der Waals surface area contributed by atoms with Crippen LogP contribution in [0.5, 0.6) is 17.4 Å². The largest absolute Gasteiger partial charge is 0.435 e. The minimum atomic E-state index is -3.94. The van der Waals surface area contributed by atoms with E-state index in [1.54, 1.807) is 13.8 Å². The highest BCUT2D eigenvalue weighted by molar-refractivity contribution is 7.90. The number of nitrogens with zero attached hydrogens (tertiary/aromatic N) is 3. The molecule has 184 valence electrons. The van der Waals surface area contributed by atoms with Crippen molar-refractivity contribution in [3.63, 3.8) is 0 Å². The maximum absolute atomic E-state index is 15.0. The summed E-state index contributed by atoms with van der Waals surface area (Å²) in [5.41, 5.74) is 0.186. The fourth-order valence-corrected chi connectivity index (χ4v) is 4.34. The van der Waals surface area contributed by atoms with E-state index in [0.29, 0.717) is 5.69 Å². The van der Waals surface area contributed by atoms with Crippen molar-refractivity contribution in [3.8, 4) is 17.4 Å². The van der Waals surface area contributed by atoms with Gasteiger partial charge in [-0.15, -0.1) is 0 Å². The Bertz CT molecular complexity index is 1370. The Morgan fingerprint density at radius 2 is 2.00 bits per heavy atom. The summed E-state index contributed by atoms with van der Waals surface area (Å²) in [6.45, 7) is 3.19. The van der Waals surface area contributed by atoms with E-state index in [4.69, 9.17) is 9.47 Å². The summed E-state index contributed by atoms with van der Waals surface area (Å²) in [4.78, 5) is 22.0. The van der Waals surface area contributed by atoms with Gasteiger partial charge >= 0.3 is 6.09 Å². The Balaban J connectivity index is 1.55. The van der Waals surface area contributed by atoms with Crippen LogP contribution < -0.4 is 18.9 Å². The number of pyridine rings is 2. The molecule has 13 heteroatoms. The smallest absolute Gasteiger partial charge is 0.416 e. The molecule has 3 heterocycles. The molecule has 1 aliphatic heterocycles. The van der Waals surface area contributed by atoms with Crippen molar-refractivity contribution in [1.29, 1.82) is 0 Å². The Morgan fingerprint density at radius 1 is 1.20 bits per heavy atom. The fraction of sp³-hybridized carbons (Fsp3) is 0.227. The zero-order valence-corrected chi connectivity index (χ0v) is 19.5. The first kappa shape index (κ1) is 24.3. The van der Waals surface area contributed by atoms with Crippen molar-refractivity contribution in [3.05, 3.63) is 71.7 Å².